The van der Waals surface area contributed by atoms with E-state index in [1.54, 1.807) is 12.1 Å². The van der Waals surface area contributed by atoms with Crippen LogP contribution in [-0.2, 0) is 14.3 Å². The Kier molecular flexibility index (Phi) is 6.87. The molecule has 110 valence electrons. The zero-order chi connectivity index (χ0) is 15.0. The highest BCUT2D eigenvalue weighted by Crippen LogP contribution is 2.21. The molecule has 0 aliphatic heterocycles. The molecule has 20 heavy (non-hydrogen) atoms. The molecule has 0 fully saturated rings. The standard InChI is InChI=1S/C14H18ClNO4/c1-10-8-11(5-6-12(10)15)20-7-3-4-13(17)16-9-14(18)19-2/h5-6,8H,3-4,7,9H2,1-2H3,(H,16,17). The van der Waals surface area contributed by atoms with E-state index in [2.05, 4.69) is 10.1 Å². The van der Waals surface area contributed by atoms with Crippen molar-refractivity contribution in [2.75, 3.05) is 20.3 Å². The highest BCUT2D eigenvalue weighted by molar-refractivity contribution is 6.31. The number of methoxy groups -OCH3 is 1. The zero-order valence-corrected chi connectivity index (χ0v) is 12.3. The van der Waals surface area contributed by atoms with E-state index in [0.29, 0.717) is 24.5 Å². The molecule has 0 spiro atoms. The van der Waals surface area contributed by atoms with Crippen LogP contribution in [0.1, 0.15) is 18.4 Å². The van der Waals surface area contributed by atoms with Crippen LogP contribution in [0.15, 0.2) is 18.2 Å². The highest BCUT2D eigenvalue weighted by Gasteiger charge is 2.05. The first kappa shape index (κ1) is 16.3. The first-order chi connectivity index (χ1) is 9.52. The Balaban J connectivity index is 2.19. The molecule has 1 amide bonds. The van der Waals surface area contributed by atoms with Crippen LogP contribution in [0, 0.1) is 6.92 Å². The second kappa shape index (κ2) is 8.43. The number of nitrogens with one attached hydrogen (secondary N) is 1. The van der Waals surface area contributed by atoms with E-state index in [1.807, 2.05) is 13.0 Å². The van der Waals surface area contributed by atoms with Gasteiger partial charge in [-0.25, -0.2) is 0 Å². The normalized spacial score (nSPS) is 9.95. The fraction of sp³-hybridized carbons (Fsp3) is 0.429. The van der Waals surface area contributed by atoms with Crippen LogP contribution in [0.4, 0.5) is 0 Å². The van der Waals surface area contributed by atoms with Crippen LogP contribution in [0.5, 0.6) is 5.75 Å². The lowest BCUT2D eigenvalue weighted by Gasteiger charge is -2.08. The van der Waals surface area contributed by atoms with E-state index >= 15 is 0 Å². The van der Waals surface area contributed by atoms with Crippen molar-refractivity contribution in [3.63, 3.8) is 0 Å². The zero-order valence-electron chi connectivity index (χ0n) is 11.6. The van der Waals surface area contributed by atoms with Gasteiger partial charge < -0.3 is 14.8 Å². The van der Waals surface area contributed by atoms with Gasteiger partial charge >= 0.3 is 5.97 Å². The van der Waals surface area contributed by atoms with E-state index in [0.717, 1.165) is 11.3 Å². The van der Waals surface area contributed by atoms with Crippen molar-refractivity contribution >= 4 is 23.5 Å². The lowest BCUT2D eigenvalue weighted by atomic mass is 10.2. The number of amides is 1. The Morgan fingerprint density at radius 3 is 2.75 bits per heavy atom. The van der Waals surface area contributed by atoms with E-state index < -0.39 is 5.97 Å². The van der Waals surface area contributed by atoms with Crippen LogP contribution < -0.4 is 10.1 Å². The van der Waals surface area contributed by atoms with Gasteiger partial charge in [0.2, 0.25) is 5.91 Å². The molecule has 1 N–H and O–H groups in total. The van der Waals surface area contributed by atoms with Crippen molar-refractivity contribution in [2.24, 2.45) is 0 Å². The van der Waals surface area contributed by atoms with Gasteiger partial charge in [-0.3, -0.25) is 9.59 Å². The molecule has 0 bridgehead atoms. The first-order valence-corrected chi connectivity index (χ1v) is 6.63. The smallest absolute Gasteiger partial charge is 0.325 e. The van der Waals surface area contributed by atoms with Crippen molar-refractivity contribution in [3.8, 4) is 5.75 Å². The molecule has 5 nitrogen and oxygen atoms in total. The Morgan fingerprint density at radius 1 is 1.35 bits per heavy atom. The van der Waals surface area contributed by atoms with Gasteiger partial charge in [-0.1, -0.05) is 11.6 Å². The molecule has 0 aliphatic carbocycles. The van der Waals surface area contributed by atoms with Crippen molar-refractivity contribution in [2.45, 2.75) is 19.8 Å². The highest BCUT2D eigenvalue weighted by atomic mass is 35.5. The van der Waals surface area contributed by atoms with Gasteiger partial charge in [0.1, 0.15) is 12.3 Å². The fourth-order valence-corrected chi connectivity index (χ4v) is 1.58. The van der Waals surface area contributed by atoms with Gasteiger partial charge in [0.25, 0.3) is 0 Å². The number of hydrogen-bond acceptors (Lipinski definition) is 4. The maximum Gasteiger partial charge on any atom is 0.325 e. The van der Waals surface area contributed by atoms with Gasteiger partial charge in [0, 0.05) is 11.4 Å². The van der Waals surface area contributed by atoms with E-state index in [1.165, 1.54) is 7.11 Å². The maximum absolute atomic E-state index is 11.4. The van der Waals surface area contributed by atoms with Crippen LogP contribution in [-0.4, -0.2) is 32.1 Å². The molecule has 0 radical (unpaired) electrons. The Bertz CT molecular complexity index is 476. The van der Waals surface area contributed by atoms with Gasteiger partial charge in [-0.15, -0.1) is 0 Å². The molecule has 1 rings (SSSR count). The summed E-state index contributed by atoms with van der Waals surface area (Å²) in [4.78, 5) is 22.2. The number of carbonyl (C=O) groups excluding carboxylic acids is 2. The van der Waals surface area contributed by atoms with E-state index in [9.17, 15) is 9.59 Å². The average molecular weight is 300 g/mol. The molecule has 0 saturated carbocycles. The Morgan fingerprint density at radius 2 is 2.10 bits per heavy atom. The second-order valence-corrected chi connectivity index (χ2v) is 4.62. The molecule has 0 atom stereocenters. The third-order valence-electron chi connectivity index (χ3n) is 2.60. The first-order valence-electron chi connectivity index (χ1n) is 6.25. The van der Waals surface area contributed by atoms with Crippen LogP contribution >= 0.6 is 11.6 Å². The quantitative estimate of drug-likeness (QED) is 0.618. The van der Waals surface area contributed by atoms with E-state index in [4.69, 9.17) is 16.3 Å². The summed E-state index contributed by atoms with van der Waals surface area (Å²) < 4.78 is 9.92. The minimum Gasteiger partial charge on any atom is -0.494 e. The molecular formula is C14H18ClNO4. The van der Waals surface area contributed by atoms with Gasteiger partial charge in [-0.2, -0.15) is 0 Å². The summed E-state index contributed by atoms with van der Waals surface area (Å²) in [7, 11) is 1.27. The van der Waals surface area contributed by atoms with Crippen molar-refractivity contribution in [1.82, 2.24) is 5.32 Å². The van der Waals surface area contributed by atoms with Gasteiger partial charge in [-0.05, 0) is 37.1 Å². The SMILES string of the molecule is COC(=O)CNC(=O)CCCOc1ccc(Cl)c(C)c1. The summed E-state index contributed by atoms with van der Waals surface area (Å²) in [5, 5.41) is 3.16. The number of carbonyl (C=O) groups is 2. The number of halogens is 1. The van der Waals surface area contributed by atoms with Gasteiger partial charge in [0.15, 0.2) is 0 Å². The Labute approximate surface area is 123 Å². The fourth-order valence-electron chi connectivity index (χ4n) is 1.46. The van der Waals surface area contributed by atoms with Crippen molar-refractivity contribution in [3.05, 3.63) is 28.8 Å². The average Bonchev–Trinajstić information content (AvgIpc) is 2.44. The van der Waals surface area contributed by atoms with Crippen molar-refractivity contribution < 1.29 is 19.1 Å². The summed E-state index contributed by atoms with van der Waals surface area (Å²) in [6, 6.07) is 5.40. The largest absolute Gasteiger partial charge is 0.494 e. The number of aryl methyl sites for hydroxylation is 1. The molecule has 0 aromatic heterocycles. The molecule has 0 heterocycles. The summed E-state index contributed by atoms with van der Waals surface area (Å²) >= 11 is 5.91. The van der Waals surface area contributed by atoms with Crippen LogP contribution in [0.3, 0.4) is 0 Å². The molecule has 0 unspecified atom stereocenters. The summed E-state index contributed by atoms with van der Waals surface area (Å²) in [6.07, 6.45) is 0.859. The molecule has 1 aromatic rings. The summed E-state index contributed by atoms with van der Waals surface area (Å²) in [5.74, 6) is 0.0550. The second-order valence-electron chi connectivity index (χ2n) is 4.22. The Hall–Kier alpha value is -1.75. The summed E-state index contributed by atoms with van der Waals surface area (Å²) in [6.45, 7) is 2.22. The summed E-state index contributed by atoms with van der Waals surface area (Å²) in [5.41, 5.74) is 0.944. The number of hydrogen-bond donors (Lipinski definition) is 1. The van der Waals surface area contributed by atoms with Crippen LogP contribution in [0.25, 0.3) is 0 Å². The molecular weight excluding hydrogens is 282 g/mol. The predicted octanol–water partition coefficient (Wildman–Crippen LogP) is 2.10. The van der Waals surface area contributed by atoms with E-state index in [-0.39, 0.29) is 12.5 Å². The molecule has 6 heteroatoms. The number of esters is 1. The van der Waals surface area contributed by atoms with Crippen molar-refractivity contribution in [1.29, 1.82) is 0 Å². The molecule has 0 aliphatic rings. The number of rotatable bonds is 7. The lowest BCUT2D eigenvalue weighted by molar-refractivity contribution is -0.141. The maximum atomic E-state index is 11.4. The molecule has 0 saturated heterocycles. The third kappa shape index (κ3) is 5.93. The van der Waals surface area contributed by atoms with Crippen LogP contribution in [0.2, 0.25) is 5.02 Å². The number of benzene rings is 1. The molecule has 1 aromatic carbocycles. The number of ether oxygens (including phenoxy) is 2. The van der Waals surface area contributed by atoms with Gasteiger partial charge in [0.05, 0.1) is 13.7 Å². The monoisotopic (exact) mass is 299 g/mol. The predicted molar refractivity (Wildman–Crippen MR) is 75.9 cm³/mol. The minimum absolute atomic E-state index is 0.105. The topological polar surface area (TPSA) is 64.6 Å². The lowest BCUT2D eigenvalue weighted by Crippen LogP contribution is -2.30. The minimum atomic E-state index is -0.466. The third-order valence-corrected chi connectivity index (χ3v) is 3.03.